The summed E-state index contributed by atoms with van der Waals surface area (Å²) in [7, 11) is 0. The van der Waals surface area contributed by atoms with Crippen molar-refractivity contribution in [3.63, 3.8) is 0 Å². The summed E-state index contributed by atoms with van der Waals surface area (Å²) in [4.78, 5) is 33.0. The molecule has 4 heterocycles. The molecule has 0 aromatic carbocycles. The van der Waals surface area contributed by atoms with Crippen molar-refractivity contribution in [1.82, 2.24) is 20.5 Å². The third-order valence-electron chi connectivity index (χ3n) is 6.12. The van der Waals surface area contributed by atoms with Crippen LogP contribution < -0.4 is 26.6 Å². The average Bonchev–Trinajstić information content (AvgIpc) is 2.75. The SMILES string of the molecule is NC(N=O)C(C(=O)Nc1cnccc1N1CCN(C2COC2)CC1)C1NCC(F)CN1. The second-order valence-electron chi connectivity index (χ2n) is 8.11. The van der Waals surface area contributed by atoms with Crippen molar-refractivity contribution in [3.8, 4) is 0 Å². The molecule has 0 saturated carbocycles. The molecule has 11 nitrogen and oxygen atoms in total. The third kappa shape index (κ3) is 4.99. The predicted molar refractivity (Wildman–Crippen MR) is 113 cm³/mol. The minimum Gasteiger partial charge on any atom is -0.378 e. The number of carbonyl (C=O) groups is 1. The van der Waals surface area contributed by atoms with Crippen LogP contribution in [-0.2, 0) is 9.53 Å². The quantitative estimate of drug-likeness (QED) is 0.399. The number of nitrogens with one attached hydrogen (secondary N) is 3. The first kappa shape index (κ1) is 22.0. The number of carbonyl (C=O) groups excluding carboxylic acids is 1. The molecule has 5 N–H and O–H groups in total. The summed E-state index contributed by atoms with van der Waals surface area (Å²) in [5.41, 5.74) is 7.22. The van der Waals surface area contributed by atoms with Gasteiger partial charge in [-0.3, -0.25) is 25.3 Å². The monoisotopic (exact) mass is 436 g/mol. The van der Waals surface area contributed by atoms with Gasteiger partial charge >= 0.3 is 0 Å². The molecule has 0 radical (unpaired) electrons. The zero-order chi connectivity index (χ0) is 21.8. The molecule has 12 heteroatoms. The van der Waals surface area contributed by atoms with E-state index in [2.05, 4.69) is 35.9 Å². The van der Waals surface area contributed by atoms with E-state index in [1.165, 1.54) is 0 Å². The molecule has 4 rings (SSSR count). The number of nitrogens with two attached hydrogens (primary N) is 1. The van der Waals surface area contributed by atoms with E-state index < -0.39 is 30.3 Å². The Bertz CT molecular complexity index is 766. The van der Waals surface area contributed by atoms with Crippen molar-refractivity contribution < 1.29 is 13.9 Å². The number of hydrogen-bond acceptors (Lipinski definition) is 10. The molecular weight excluding hydrogens is 407 g/mol. The number of halogens is 1. The van der Waals surface area contributed by atoms with Crippen LogP contribution >= 0.6 is 0 Å². The van der Waals surface area contributed by atoms with Gasteiger partial charge < -0.3 is 20.7 Å². The average molecular weight is 436 g/mol. The fraction of sp³-hybridized carbons (Fsp3) is 0.684. The van der Waals surface area contributed by atoms with Gasteiger partial charge in [0.15, 0.2) is 6.17 Å². The summed E-state index contributed by atoms with van der Waals surface area (Å²) in [5, 5.41) is 11.5. The first-order chi connectivity index (χ1) is 15.1. The molecule has 1 aromatic heterocycles. The number of pyridine rings is 1. The standard InChI is InChI=1S/C19H29FN8O3/c20-12-7-23-18(24-8-12)16(17(21)26-30)19(29)25-14-9-22-2-1-15(14)28-5-3-27(4-6-28)13-10-31-11-13/h1-2,9,12-13,16-18,23-24H,3-8,10-11,21H2,(H,25,29). The lowest BCUT2D eigenvalue weighted by Gasteiger charge is -2.43. The Morgan fingerprint density at radius 1 is 1.29 bits per heavy atom. The van der Waals surface area contributed by atoms with E-state index in [0.717, 1.165) is 45.1 Å². The molecule has 0 bridgehead atoms. The van der Waals surface area contributed by atoms with E-state index in [1.807, 2.05) is 6.07 Å². The van der Waals surface area contributed by atoms with Crippen molar-refractivity contribution in [2.45, 2.75) is 24.5 Å². The molecule has 1 amide bonds. The highest BCUT2D eigenvalue weighted by Gasteiger charge is 2.37. The Labute approximate surface area is 179 Å². The van der Waals surface area contributed by atoms with Crippen molar-refractivity contribution in [3.05, 3.63) is 23.4 Å². The summed E-state index contributed by atoms with van der Waals surface area (Å²) < 4.78 is 18.7. The van der Waals surface area contributed by atoms with Crippen molar-refractivity contribution in [2.75, 3.05) is 62.7 Å². The number of ether oxygens (including phenoxy) is 1. The Kier molecular flexibility index (Phi) is 7.02. The maximum atomic E-state index is 13.4. The number of alkyl halides is 1. The highest BCUT2D eigenvalue weighted by atomic mass is 19.1. The number of amides is 1. The third-order valence-corrected chi connectivity index (χ3v) is 6.12. The summed E-state index contributed by atoms with van der Waals surface area (Å²) in [6.45, 7) is 5.16. The number of nitroso groups, excluding NO2 is 1. The highest BCUT2D eigenvalue weighted by Crippen LogP contribution is 2.27. The van der Waals surface area contributed by atoms with Gasteiger partial charge in [0.1, 0.15) is 12.1 Å². The number of anilines is 2. The van der Waals surface area contributed by atoms with Crippen LogP contribution in [0.15, 0.2) is 23.6 Å². The number of nitrogens with zero attached hydrogens (tertiary/aromatic N) is 4. The minimum atomic E-state index is -1.28. The van der Waals surface area contributed by atoms with E-state index in [4.69, 9.17) is 10.5 Å². The van der Waals surface area contributed by atoms with Crippen molar-refractivity contribution in [1.29, 1.82) is 0 Å². The summed E-state index contributed by atoms with van der Waals surface area (Å²) in [6.07, 6.45) is 0.243. The fourth-order valence-electron chi connectivity index (χ4n) is 4.21. The van der Waals surface area contributed by atoms with Crippen LogP contribution in [0.1, 0.15) is 0 Å². The molecule has 3 saturated heterocycles. The van der Waals surface area contributed by atoms with Crippen LogP contribution in [0.4, 0.5) is 15.8 Å². The van der Waals surface area contributed by atoms with Crippen LogP contribution in [0.2, 0.25) is 0 Å². The lowest BCUT2D eigenvalue weighted by atomic mass is 9.99. The van der Waals surface area contributed by atoms with Gasteiger partial charge in [-0.1, -0.05) is 5.18 Å². The maximum absolute atomic E-state index is 13.4. The topological polar surface area (TPSA) is 137 Å². The smallest absolute Gasteiger partial charge is 0.234 e. The second-order valence-corrected chi connectivity index (χ2v) is 8.11. The number of rotatable bonds is 7. The largest absolute Gasteiger partial charge is 0.378 e. The van der Waals surface area contributed by atoms with Gasteiger partial charge in [-0.25, -0.2) is 4.39 Å². The second kappa shape index (κ2) is 9.92. The number of hydrogen-bond donors (Lipinski definition) is 4. The molecule has 170 valence electrons. The van der Waals surface area contributed by atoms with Gasteiger partial charge in [0.2, 0.25) is 5.91 Å². The van der Waals surface area contributed by atoms with E-state index in [9.17, 15) is 14.1 Å². The Morgan fingerprint density at radius 2 is 2.00 bits per heavy atom. The lowest BCUT2D eigenvalue weighted by molar-refractivity contribution is -0.122. The summed E-state index contributed by atoms with van der Waals surface area (Å²) in [6, 6.07) is 2.35. The Balaban J connectivity index is 1.44. The van der Waals surface area contributed by atoms with Gasteiger partial charge in [0.05, 0.1) is 43.0 Å². The lowest BCUT2D eigenvalue weighted by Crippen LogP contribution is -2.62. The van der Waals surface area contributed by atoms with Gasteiger partial charge in [-0.15, -0.1) is 4.91 Å². The van der Waals surface area contributed by atoms with Crippen LogP contribution in [0.3, 0.4) is 0 Å². The van der Waals surface area contributed by atoms with Crippen LogP contribution in [0, 0.1) is 10.8 Å². The highest BCUT2D eigenvalue weighted by molar-refractivity contribution is 5.96. The molecule has 31 heavy (non-hydrogen) atoms. The molecule has 3 fully saturated rings. The molecule has 0 spiro atoms. The summed E-state index contributed by atoms with van der Waals surface area (Å²) in [5.74, 6) is -1.48. The zero-order valence-corrected chi connectivity index (χ0v) is 17.2. The molecule has 1 aromatic rings. The van der Waals surface area contributed by atoms with E-state index in [0.29, 0.717) is 11.7 Å². The van der Waals surface area contributed by atoms with Crippen LogP contribution in [-0.4, -0.2) is 92.8 Å². The van der Waals surface area contributed by atoms with Crippen LogP contribution in [0.25, 0.3) is 0 Å². The van der Waals surface area contributed by atoms with E-state index in [1.54, 1.807) is 12.4 Å². The first-order valence-corrected chi connectivity index (χ1v) is 10.6. The number of aromatic nitrogens is 1. The molecule has 2 unspecified atom stereocenters. The van der Waals surface area contributed by atoms with Gasteiger partial charge in [0, 0.05) is 45.5 Å². The number of piperazine rings is 1. The molecule has 3 aliphatic rings. The Hall–Kier alpha value is -2.25. The van der Waals surface area contributed by atoms with Crippen molar-refractivity contribution in [2.24, 2.45) is 16.8 Å². The molecular formula is C19H29FN8O3. The van der Waals surface area contributed by atoms with Gasteiger partial charge in [-0.2, -0.15) is 0 Å². The Morgan fingerprint density at radius 3 is 2.61 bits per heavy atom. The predicted octanol–water partition coefficient (Wildman–Crippen LogP) is -0.935. The molecule has 3 aliphatic heterocycles. The molecule has 0 aliphatic carbocycles. The minimum absolute atomic E-state index is 0.0709. The van der Waals surface area contributed by atoms with Crippen LogP contribution in [0.5, 0.6) is 0 Å². The van der Waals surface area contributed by atoms with Gasteiger partial charge in [-0.05, 0) is 6.07 Å². The molecule has 2 atom stereocenters. The normalized spacial score (nSPS) is 27.2. The summed E-state index contributed by atoms with van der Waals surface area (Å²) >= 11 is 0. The van der Waals surface area contributed by atoms with E-state index in [-0.39, 0.29) is 13.1 Å². The first-order valence-electron chi connectivity index (χ1n) is 10.6. The fourth-order valence-corrected chi connectivity index (χ4v) is 4.21. The van der Waals surface area contributed by atoms with Gasteiger partial charge in [0.25, 0.3) is 0 Å². The maximum Gasteiger partial charge on any atom is 0.234 e. The van der Waals surface area contributed by atoms with E-state index >= 15 is 0 Å². The zero-order valence-electron chi connectivity index (χ0n) is 17.2. The van der Waals surface area contributed by atoms with Crippen molar-refractivity contribution >= 4 is 17.3 Å².